The normalized spacial score (nSPS) is 10.8. The minimum absolute atomic E-state index is 0.0957. The van der Waals surface area contributed by atoms with Crippen LogP contribution in [-0.2, 0) is 6.42 Å². The highest BCUT2D eigenvalue weighted by atomic mass is 35.5. The molecule has 0 aliphatic rings. The van der Waals surface area contributed by atoms with Crippen LogP contribution in [0.2, 0.25) is 5.02 Å². The Labute approximate surface area is 178 Å². The van der Waals surface area contributed by atoms with Gasteiger partial charge in [-0.05, 0) is 48.3 Å². The van der Waals surface area contributed by atoms with E-state index >= 15 is 0 Å². The number of rotatable bonds is 7. The standard InChI is InChI=1S/C22H19ClN4OS/c23-19-14-26-21-18(19)8-4-9-20(21)27-29-17-7-3-5-15(13-17)22(28)25-12-10-16-6-1-2-11-24-16/h1-9,11,13-14,26-27H,10,12H2,(H,25,28). The van der Waals surface area contributed by atoms with E-state index in [2.05, 4.69) is 20.0 Å². The predicted molar refractivity (Wildman–Crippen MR) is 120 cm³/mol. The van der Waals surface area contributed by atoms with Crippen LogP contribution >= 0.6 is 23.5 Å². The maximum Gasteiger partial charge on any atom is 0.251 e. The molecule has 0 aliphatic heterocycles. The van der Waals surface area contributed by atoms with Gasteiger partial charge in [-0.1, -0.05) is 35.9 Å². The van der Waals surface area contributed by atoms with Crippen molar-refractivity contribution in [2.75, 3.05) is 11.3 Å². The van der Waals surface area contributed by atoms with E-state index in [0.29, 0.717) is 23.6 Å². The molecule has 1 amide bonds. The number of H-pyrrole nitrogens is 1. The SMILES string of the molecule is O=C(NCCc1ccccn1)c1cccc(SNc2cccc3c(Cl)c[nH]c23)c1. The highest BCUT2D eigenvalue weighted by Crippen LogP contribution is 2.31. The summed E-state index contributed by atoms with van der Waals surface area (Å²) in [6, 6.07) is 19.2. The molecule has 0 fully saturated rings. The summed E-state index contributed by atoms with van der Waals surface area (Å²) in [6.07, 6.45) is 4.23. The molecule has 2 aromatic heterocycles. The molecule has 29 heavy (non-hydrogen) atoms. The minimum Gasteiger partial charge on any atom is -0.358 e. The molecular formula is C22H19ClN4OS. The zero-order chi connectivity index (χ0) is 20.1. The second-order valence-electron chi connectivity index (χ2n) is 6.42. The largest absolute Gasteiger partial charge is 0.358 e. The molecule has 0 saturated heterocycles. The van der Waals surface area contributed by atoms with Gasteiger partial charge in [0, 0.05) is 46.9 Å². The van der Waals surface area contributed by atoms with Gasteiger partial charge >= 0.3 is 0 Å². The lowest BCUT2D eigenvalue weighted by Gasteiger charge is -2.09. The maximum absolute atomic E-state index is 12.5. The summed E-state index contributed by atoms with van der Waals surface area (Å²) in [5, 5.41) is 4.61. The Morgan fingerprint density at radius 1 is 1.10 bits per heavy atom. The van der Waals surface area contributed by atoms with Crippen LogP contribution in [0, 0.1) is 0 Å². The molecule has 0 bridgehead atoms. The Bertz CT molecular complexity index is 1130. The van der Waals surface area contributed by atoms with E-state index < -0.39 is 0 Å². The van der Waals surface area contributed by atoms with Crippen LogP contribution < -0.4 is 10.0 Å². The summed E-state index contributed by atoms with van der Waals surface area (Å²) < 4.78 is 3.33. The van der Waals surface area contributed by atoms with Crippen molar-refractivity contribution < 1.29 is 4.79 Å². The topological polar surface area (TPSA) is 69.8 Å². The number of anilines is 1. The fourth-order valence-electron chi connectivity index (χ4n) is 2.97. The predicted octanol–water partition coefficient (Wildman–Crippen LogP) is 5.31. The first kappa shape index (κ1) is 19.4. The first-order chi connectivity index (χ1) is 14.2. The Hall–Kier alpha value is -2.96. The fourth-order valence-corrected chi connectivity index (χ4v) is 3.91. The summed E-state index contributed by atoms with van der Waals surface area (Å²) >= 11 is 7.63. The van der Waals surface area contributed by atoms with Gasteiger partial charge in [0.25, 0.3) is 5.91 Å². The van der Waals surface area contributed by atoms with Gasteiger partial charge in [-0.25, -0.2) is 0 Å². The highest BCUT2D eigenvalue weighted by Gasteiger charge is 2.09. The number of para-hydroxylation sites is 1. The molecular weight excluding hydrogens is 404 g/mol. The number of nitrogens with zero attached hydrogens (tertiary/aromatic N) is 1. The number of carbonyl (C=O) groups excluding carboxylic acids is 1. The second kappa shape index (κ2) is 9.03. The van der Waals surface area contributed by atoms with Crippen molar-refractivity contribution in [3.8, 4) is 0 Å². The van der Waals surface area contributed by atoms with Crippen molar-refractivity contribution in [1.82, 2.24) is 15.3 Å². The number of benzene rings is 2. The van der Waals surface area contributed by atoms with Crippen molar-refractivity contribution in [2.45, 2.75) is 11.3 Å². The second-order valence-corrected chi connectivity index (χ2v) is 7.71. The number of pyridine rings is 1. The van der Waals surface area contributed by atoms with E-state index in [-0.39, 0.29) is 5.91 Å². The summed E-state index contributed by atoms with van der Waals surface area (Å²) in [5.74, 6) is -0.0957. The van der Waals surface area contributed by atoms with Crippen LogP contribution in [0.1, 0.15) is 16.1 Å². The lowest BCUT2D eigenvalue weighted by molar-refractivity contribution is 0.0954. The number of fused-ring (bicyclic) bond motifs is 1. The molecule has 0 aliphatic carbocycles. The van der Waals surface area contributed by atoms with Crippen LogP contribution in [0.15, 0.2) is 78.0 Å². The van der Waals surface area contributed by atoms with E-state index in [4.69, 9.17) is 11.6 Å². The Kier molecular flexibility index (Phi) is 6.03. The molecule has 4 rings (SSSR count). The zero-order valence-corrected chi connectivity index (χ0v) is 17.1. The minimum atomic E-state index is -0.0957. The first-order valence-corrected chi connectivity index (χ1v) is 10.4. The molecule has 7 heteroatoms. The summed E-state index contributed by atoms with van der Waals surface area (Å²) in [5.41, 5.74) is 3.47. The van der Waals surface area contributed by atoms with Gasteiger partial charge in [0.1, 0.15) is 0 Å². The summed E-state index contributed by atoms with van der Waals surface area (Å²) in [6.45, 7) is 0.543. The van der Waals surface area contributed by atoms with Crippen LogP contribution in [-0.4, -0.2) is 22.4 Å². The fraction of sp³-hybridized carbons (Fsp3) is 0.0909. The van der Waals surface area contributed by atoms with Crippen molar-refractivity contribution in [1.29, 1.82) is 0 Å². The van der Waals surface area contributed by atoms with Gasteiger partial charge in [0.05, 0.1) is 16.2 Å². The van der Waals surface area contributed by atoms with E-state index in [9.17, 15) is 4.79 Å². The average Bonchev–Trinajstić information content (AvgIpc) is 3.15. The van der Waals surface area contributed by atoms with Gasteiger partial charge in [-0.3, -0.25) is 9.78 Å². The molecule has 2 heterocycles. The van der Waals surface area contributed by atoms with E-state index in [0.717, 1.165) is 27.2 Å². The van der Waals surface area contributed by atoms with E-state index in [1.807, 2.05) is 60.7 Å². The molecule has 0 spiro atoms. The first-order valence-electron chi connectivity index (χ1n) is 9.17. The van der Waals surface area contributed by atoms with Gasteiger partial charge in [-0.2, -0.15) is 0 Å². The van der Waals surface area contributed by atoms with Crippen LogP contribution in [0.5, 0.6) is 0 Å². The van der Waals surface area contributed by atoms with Crippen molar-refractivity contribution >= 4 is 46.0 Å². The number of carbonyl (C=O) groups is 1. The quantitative estimate of drug-likeness (QED) is 0.353. The number of hydrogen-bond acceptors (Lipinski definition) is 4. The molecule has 2 aromatic carbocycles. The van der Waals surface area contributed by atoms with Crippen LogP contribution in [0.4, 0.5) is 5.69 Å². The smallest absolute Gasteiger partial charge is 0.251 e. The average molecular weight is 423 g/mol. The molecule has 4 aromatic rings. The van der Waals surface area contributed by atoms with E-state index in [1.54, 1.807) is 12.4 Å². The van der Waals surface area contributed by atoms with Crippen LogP contribution in [0.25, 0.3) is 10.9 Å². The molecule has 0 atom stereocenters. The van der Waals surface area contributed by atoms with Gasteiger partial charge in [0.15, 0.2) is 0 Å². The monoisotopic (exact) mass is 422 g/mol. The number of aromatic amines is 1. The highest BCUT2D eigenvalue weighted by molar-refractivity contribution is 8.00. The summed E-state index contributed by atoms with van der Waals surface area (Å²) in [4.78, 5) is 20.8. The van der Waals surface area contributed by atoms with Crippen molar-refractivity contribution in [3.05, 3.63) is 89.3 Å². The Balaban J connectivity index is 1.37. The van der Waals surface area contributed by atoms with Crippen molar-refractivity contribution in [2.24, 2.45) is 0 Å². The molecule has 5 nitrogen and oxygen atoms in total. The van der Waals surface area contributed by atoms with Gasteiger partial charge in [-0.15, -0.1) is 0 Å². The van der Waals surface area contributed by atoms with E-state index in [1.165, 1.54) is 11.9 Å². The molecule has 146 valence electrons. The Morgan fingerprint density at radius 3 is 2.86 bits per heavy atom. The van der Waals surface area contributed by atoms with Crippen LogP contribution in [0.3, 0.4) is 0 Å². The molecule has 0 unspecified atom stereocenters. The lowest BCUT2D eigenvalue weighted by atomic mass is 10.2. The number of nitrogens with one attached hydrogen (secondary N) is 3. The third kappa shape index (κ3) is 4.72. The number of halogens is 1. The third-order valence-corrected chi connectivity index (χ3v) is 5.56. The number of aromatic nitrogens is 2. The molecule has 0 saturated carbocycles. The zero-order valence-electron chi connectivity index (χ0n) is 15.5. The number of hydrogen-bond donors (Lipinski definition) is 3. The lowest BCUT2D eigenvalue weighted by Crippen LogP contribution is -2.25. The number of amides is 1. The van der Waals surface area contributed by atoms with Gasteiger partial charge in [0.2, 0.25) is 0 Å². The molecule has 3 N–H and O–H groups in total. The Morgan fingerprint density at radius 2 is 2.00 bits per heavy atom. The summed E-state index contributed by atoms with van der Waals surface area (Å²) in [7, 11) is 0. The molecule has 0 radical (unpaired) electrons. The maximum atomic E-state index is 12.5. The third-order valence-electron chi connectivity index (χ3n) is 4.43. The van der Waals surface area contributed by atoms with Gasteiger partial charge < -0.3 is 15.0 Å². The van der Waals surface area contributed by atoms with Crippen molar-refractivity contribution in [3.63, 3.8) is 0 Å².